The van der Waals surface area contributed by atoms with Crippen molar-refractivity contribution >= 4 is 34.1 Å². The summed E-state index contributed by atoms with van der Waals surface area (Å²) in [6.07, 6.45) is 9.51. The van der Waals surface area contributed by atoms with E-state index in [0.29, 0.717) is 17.6 Å². The molecule has 1 aliphatic heterocycles. The van der Waals surface area contributed by atoms with Gasteiger partial charge in [-0.05, 0) is 48.6 Å². The number of hydrogen-bond acceptors (Lipinski definition) is 9. The van der Waals surface area contributed by atoms with Gasteiger partial charge in [-0.25, -0.2) is 23.9 Å². The van der Waals surface area contributed by atoms with Gasteiger partial charge in [-0.2, -0.15) is 4.98 Å². The zero-order valence-electron chi connectivity index (χ0n) is 19.4. The molecular formula is C25H23FN10. The molecule has 0 spiro atoms. The van der Waals surface area contributed by atoms with Crippen molar-refractivity contribution in [2.45, 2.75) is 18.8 Å². The smallest absolute Gasteiger partial charge is 0.248 e. The molecule has 1 aliphatic carbocycles. The first-order chi connectivity index (χ1) is 17.7. The molecule has 1 saturated carbocycles. The first-order valence-electron chi connectivity index (χ1n) is 12.1. The van der Waals surface area contributed by atoms with E-state index in [9.17, 15) is 4.39 Å². The van der Waals surface area contributed by atoms with Gasteiger partial charge in [0, 0.05) is 55.7 Å². The van der Waals surface area contributed by atoms with Gasteiger partial charge >= 0.3 is 0 Å². The lowest BCUT2D eigenvalue weighted by Gasteiger charge is -2.30. The molecular weight excluding hydrogens is 459 g/mol. The number of halogens is 1. The van der Waals surface area contributed by atoms with E-state index in [-0.39, 0.29) is 11.6 Å². The molecule has 180 valence electrons. The molecule has 2 fully saturated rings. The van der Waals surface area contributed by atoms with Gasteiger partial charge in [-0.1, -0.05) is 0 Å². The fourth-order valence-corrected chi connectivity index (χ4v) is 4.71. The van der Waals surface area contributed by atoms with Crippen LogP contribution in [0.5, 0.6) is 0 Å². The first kappa shape index (κ1) is 21.1. The maximum absolute atomic E-state index is 14.0. The van der Waals surface area contributed by atoms with Crippen LogP contribution in [-0.2, 0) is 0 Å². The lowest BCUT2D eigenvalue weighted by molar-refractivity contribution is 0.586. The quantitative estimate of drug-likeness (QED) is 0.390. The summed E-state index contributed by atoms with van der Waals surface area (Å²) in [6, 6.07) is 6.66. The zero-order chi connectivity index (χ0) is 24.1. The van der Waals surface area contributed by atoms with Crippen LogP contribution in [0.1, 0.15) is 24.3 Å². The maximum atomic E-state index is 14.0. The molecule has 0 bridgehead atoms. The van der Waals surface area contributed by atoms with E-state index >= 15 is 0 Å². The first-order valence-corrected chi connectivity index (χ1v) is 12.1. The van der Waals surface area contributed by atoms with Crippen molar-refractivity contribution in [1.29, 1.82) is 0 Å². The van der Waals surface area contributed by atoms with Gasteiger partial charge < -0.3 is 15.5 Å². The maximum Gasteiger partial charge on any atom is 0.248 e. The van der Waals surface area contributed by atoms with Crippen LogP contribution >= 0.6 is 0 Å². The molecule has 6 heterocycles. The Morgan fingerprint density at radius 2 is 1.94 bits per heavy atom. The van der Waals surface area contributed by atoms with Gasteiger partial charge in [0.05, 0.1) is 11.7 Å². The van der Waals surface area contributed by atoms with Gasteiger partial charge in [0.15, 0.2) is 17.3 Å². The highest BCUT2D eigenvalue weighted by Crippen LogP contribution is 2.44. The fraction of sp³-hybridized carbons (Fsp3) is 0.280. The van der Waals surface area contributed by atoms with Gasteiger partial charge in [0.1, 0.15) is 11.6 Å². The van der Waals surface area contributed by atoms with Gasteiger partial charge in [0.25, 0.3) is 0 Å². The third-order valence-electron chi connectivity index (χ3n) is 6.62. The summed E-state index contributed by atoms with van der Waals surface area (Å²) in [5.74, 6) is 2.43. The highest BCUT2D eigenvalue weighted by Gasteiger charge is 2.29. The molecule has 0 aromatic carbocycles. The normalized spacial score (nSPS) is 16.1. The SMILES string of the molecule is Fc1cccn2nc(Nc3cc(-c4nc(N5CCNCC5)c5c(C6CC6)cncc5n4)ccn3)nc12. The number of anilines is 3. The molecule has 0 unspecified atom stereocenters. The summed E-state index contributed by atoms with van der Waals surface area (Å²) in [4.78, 5) is 25.5. The molecule has 1 saturated heterocycles. The zero-order valence-corrected chi connectivity index (χ0v) is 19.4. The Kier molecular flexibility index (Phi) is 4.95. The Morgan fingerprint density at radius 1 is 1.06 bits per heavy atom. The number of rotatable bonds is 5. The molecule has 5 aromatic rings. The Hall–Kier alpha value is -4.25. The molecule has 2 aliphatic rings. The third kappa shape index (κ3) is 3.77. The minimum Gasteiger partial charge on any atom is -0.353 e. The molecule has 0 amide bonds. The van der Waals surface area contributed by atoms with E-state index in [1.165, 1.54) is 29.0 Å². The van der Waals surface area contributed by atoms with Crippen LogP contribution in [0, 0.1) is 5.82 Å². The van der Waals surface area contributed by atoms with E-state index in [0.717, 1.165) is 48.5 Å². The molecule has 2 N–H and O–H groups in total. The lowest BCUT2D eigenvalue weighted by atomic mass is 10.1. The molecule has 0 radical (unpaired) electrons. The largest absolute Gasteiger partial charge is 0.353 e. The average Bonchev–Trinajstić information content (AvgIpc) is 3.68. The third-order valence-corrected chi connectivity index (χ3v) is 6.62. The number of hydrogen-bond donors (Lipinski definition) is 2. The standard InChI is InChI=1S/C25H23FN10/c26-18-2-1-9-36-23(18)33-25(34-36)31-20-12-16(5-6-29-20)22-30-19-14-28-13-17(15-3-4-15)21(19)24(32-22)35-10-7-27-8-11-35/h1-2,5-6,9,12-15,27H,3-4,7-8,10-11H2,(H,29,31,34). The van der Waals surface area contributed by atoms with Gasteiger partial charge in [-0.15, -0.1) is 5.10 Å². The van der Waals surface area contributed by atoms with Crippen LogP contribution in [0.15, 0.2) is 49.1 Å². The van der Waals surface area contributed by atoms with Crippen LogP contribution in [0.3, 0.4) is 0 Å². The van der Waals surface area contributed by atoms with Crippen LogP contribution in [0.4, 0.5) is 22.0 Å². The number of pyridine rings is 3. The predicted molar refractivity (Wildman–Crippen MR) is 134 cm³/mol. The van der Waals surface area contributed by atoms with Gasteiger partial charge in [-0.3, -0.25) is 4.98 Å². The number of nitrogens with zero attached hydrogens (tertiary/aromatic N) is 8. The molecule has 11 heteroatoms. The molecule has 5 aromatic heterocycles. The minimum absolute atomic E-state index is 0.147. The topological polar surface area (TPSA) is 109 Å². The molecule has 0 atom stereocenters. The van der Waals surface area contributed by atoms with E-state index in [4.69, 9.17) is 9.97 Å². The average molecular weight is 483 g/mol. The fourth-order valence-electron chi connectivity index (χ4n) is 4.71. The number of piperazine rings is 1. The second-order valence-electron chi connectivity index (χ2n) is 9.12. The number of fused-ring (bicyclic) bond motifs is 2. The number of nitrogens with one attached hydrogen (secondary N) is 2. The van der Waals surface area contributed by atoms with Crippen LogP contribution < -0.4 is 15.5 Å². The molecule has 36 heavy (non-hydrogen) atoms. The van der Waals surface area contributed by atoms with E-state index in [1.807, 2.05) is 24.5 Å². The molecule has 10 nitrogen and oxygen atoms in total. The van der Waals surface area contributed by atoms with Gasteiger partial charge in [0.2, 0.25) is 5.95 Å². The Labute approximate surface area is 205 Å². The Bertz CT molecular complexity index is 1590. The summed E-state index contributed by atoms with van der Waals surface area (Å²) in [5.41, 5.74) is 3.04. The van der Waals surface area contributed by atoms with Crippen LogP contribution in [0.25, 0.3) is 27.9 Å². The van der Waals surface area contributed by atoms with Crippen molar-refractivity contribution < 1.29 is 4.39 Å². The summed E-state index contributed by atoms with van der Waals surface area (Å²) in [7, 11) is 0. The van der Waals surface area contributed by atoms with E-state index in [1.54, 1.807) is 18.5 Å². The minimum atomic E-state index is -0.441. The van der Waals surface area contributed by atoms with Crippen LogP contribution in [-0.4, -0.2) is 60.7 Å². The van der Waals surface area contributed by atoms with Crippen molar-refractivity contribution in [3.8, 4) is 11.4 Å². The lowest BCUT2D eigenvalue weighted by Crippen LogP contribution is -2.44. The summed E-state index contributed by atoms with van der Waals surface area (Å²) >= 11 is 0. The highest BCUT2D eigenvalue weighted by molar-refractivity contribution is 5.94. The monoisotopic (exact) mass is 482 g/mol. The van der Waals surface area contributed by atoms with Crippen molar-refractivity contribution in [1.82, 2.24) is 39.9 Å². The summed E-state index contributed by atoms with van der Waals surface area (Å²) < 4.78 is 15.4. The second-order valence-corrected chi connectivity index (χ2v) is 9.12. The molecule has 7 rings (SSSR count). The van der Waals surface area contributed by atoms with Crippen LogP contribution in [0.2, 0.25) is 0 Å². The van der Waals surface area contributed by atoms with Crippen molar-refractivity contribution in [2.75, 3.05) is 36.4 Å². The van der Waals surface area contributed by atoms with Crippen molar-refractivity contribution in [3.05, 3.63) is 60.4 Å². The second kappa shape index (κ2) is 8.45. The van der Waals surface area contributed by atoms with Crippen molar-refractivity contribution in [2.24, 2.45) is 0 Å². The highest BCUT2D eigenvalue weighted by atomic mass is 19.1. The van der Waals surface area contributed by atoms with E-state index in [2.05, 4.69) is 35.6 Å². The van der Waals surface area contributed by atoms with E-state index < -0.39 is 5.82 Å². The summed E-state index contributed by atoms with van der Waals surface area (Å²) in [5, 5.41) is 11.9. The van der Waals surface area contributed by atoms with Crippen molar-refractivity contribution in [3.63, 3.8) is 0 Å². The summed E-state index contributed by atoms with van der Waals surface area (Å²) in [6.45, 7) is 3.61. The Morgan fingerprint density at radius 3 is 2.78 bits per heavy atom. The Balaban J connectivity index is 1.29. The predicted octanol–water partition coefficient (Wildman–Crippen LogP) is 3.30. The number of aromatic nitrogens is 7.